The number of nitrogens with one attached hydrogen (secondary N) is 1. The molecule has 8 heteroatoms. The number of fused-ring (bicyclic) bond motifs is 2. The molecule has 2 saturated heterocycles. The van der Waals surface area contributed by atoms with Gasteiger partial charge in [-0.2, -0.15) is 15.8 Å². The first-order chi connectivity index (χ1) is 14.3. The summed E-state index contributed by atoms with van der Waals surface area (Å²) in [6.07, 6.45) is -1.46. The highest BCUT2D eigenvalue weighted by molar-refractivity contribution is 5.90. The second-order valence-electron chi connectivity index (χ2n) is 7.41. The molecule has 2 aliphatic rings. The van der Waals surface area contributed by atoms with Gasteiger partial charge < -0.3 is 9.47 Å². The Hall–Kier alpha value is -3.80. The van der Waals surface area contributed by atoms with E-state index in [1.807, 2.05) is 18.2 Å². The highest BCUT2D eigenvalue weighted by Crippen LogP contribution is 2.69. The Labute approximate surface area is 171 Å². The van der Waals surface area contributed by atoms with E-state index in [1.165, 1.54) is 13.0 Å². The summed E-state index contributed by atoms with van der Waals surface area (Å²) in [7, 11) is 0. The molecule has 30 heavy (non-hydrogen) atoms. The fourth-order valence-corrected chi connectivity index (χ4v) is 4.61. The summed E-state index contributed by atoms with van der Waals surface area (Å²) in [6.45, 7) is 1.50. The zero-order valence-electron chi connectivity index (χ0n) is 15.7. The molecule has 0 saturated carbocycles. The van der Waals surface area contributed by atoms with Crippen LogP contribution in [0.3, 0.4) is 0 Å². The van der Waals surface area contributed by atoms with Crippen molar-refractivity contribution < 1.29 is 18.3 Å². The van der Waals surface area contributed by atoms with Gasteiger partial charge in [-0.05, 0) is 23.3 Å². The first-order valence-electron chi connectivity index (χ1n) is 8.99. The van der Waals surface area contributed by atoms with E-state index in [0.717, 1.165) is 12.1 Å². The van der Waals surface area contributed by atoms with E-state index in [2.05, 4.69) is 0 Å². The Bertz CT molecular complexity index is 1170. The number of halogens is 2. The summed E-state index contributed by atoms with van der Waals surface area (Å²) in [5.41, 5.74) is -3.77. The fourth-order valence-electron chi connectivity index (χ4n) is 4.61. The van der Waals surface area contributed by atoms with Gasteiger partial charge in [-0.1, -0.05) is 36.4 Å². The smallest absolute Gasteiger partial charge is 0.218 e. The Kier molecular flexibility index (Phi) is 4.13. The lowest BCUT2D eigenvalue weighted by atomic mass is 9.52. The minimum atomic E-state index is -2.26. The molecule has 2 aromatic carbocycles. The lowest BCUT2D eigenvalue weighted by Crippen LogP contribution is -2.57. The van der Waals surface area contributed by atoms with E-state index < -0.39 is 46.2 Å². The zero-order chi connectivity index (χ0) is 21.7. The molecule has 4 unspecified atom stereocenters. The number of hydrogen-bond acceptors (Lipinski definition) is 6. The summed E-state index contributed by atoms with van der Waals surface area (Å²) in [4.78, 5) is 0. The van der Waals surface area contributed by atoms with Crippen LogP contribution in [0.1, 0.15) is 30.1 Å². The molecular formula is C22H14F2N4O2. The molecule has 0 aliphatic carbocycles. The quantitative estimate of drug-likeness (QED) is 0.810. The van der Waals surface area contributed by atoms with Crippen LogP contribution in [0.15, 0.2) is 48.5 Å². The molecular weight excluding hydrogens is 390 g/mol. The highest BCUT2D eigenvalue weighted by atomic mass is 19.2. The molecule has 0 amide bonds. The molecule has 2 aliphatic heterocycles. The maximum Gasteiger partial charge on any atom is 0.218 e. The second-order valence-corrected chi connectivity index (χ2v) is 7.41. The standard InChI is InChI=1S/C22H14F2N4O2/c1-20-17(13-5-3-2-4-6-13)22(12-27,19(28)30-20)21(10-25,11-26)18(29-20)14-7-8-15(23)16(24)9-14/h2-9,17-18,28H,1H3. The zero-order valence-corrected chi connectivity index (χ0v) is 15.7. The van der Waals surface area contributed by atoms with E-state index in [-0.39, 0.29) is 5.56 Å². The number of rotatable bonds is 2. The van der Waals surface area contributed by atoms with Gasteiger partial charge in [0, 0.05) is 6.92 Å². The van der Waals surface area contributed by atoms with Crippen LogP contribution in [-0.2, 0) is 9.47 Å². The Morgan fingerprint density at radius 2 is 1.60 bits per heavy atom. The van der Waals surface area contributed by atoms with E-state index in [9.17, 15) is 24.6 Å². The van der Waals surface area contributed by atoms with Gasteiger partial charge in [0.1, 0.15) is 6.10 Å². The molecule has 4 atom stereocenters. The lowest BCUT2D eigenvalue weighted by molar-refractivity contribution is -0.253. The number of benzene rings is 2. The van der Waals surface area contributed by atoms with Crippen molar-refractivity contribution in [1.29, 1.82) is 21.2 Å². The molecule has 1 N–H and O–H groups in total. The van der Waals surface area contributed by atoms with Crippen molar-refractivity contribution in [2.75, 3.05) is 0 Å². The van der Waals surface area contributed by atoms with Gasteiger partial charge in [0.15, 0.2) is 17.0 Å². The first kappa shape index (κ1) is 19.5. The Balaban J connectivity index is 2.04. The van der Waals surface area contributed by atoms with Crippen LogP contribution in [0.2, 0.25) is 0 Å². The SMILES string of the molecule is CC12OC(=N)C(C#N)(C1c1ccccc1)C(C#N)(C#N)C(c1ccc(F)c(F)c1)O2. The Morgan fingerprint density at radius 1 is 0.933 bits per heavy atom. The van der Waals surface area contributed by atoms with Gasteiger partial charge in [-0.25, -0.2) is 8.78 Å². The topological polar surface area (TPSA) is 114 Å². The summed E-state index contributed by atoms with van der Waals surface area (Å²) in [5.74, 6) is -5.45. The predicted molar refractivity (Wildman–Crippen MR) is 98.3 cm³/mol. The summed E-state index contributed by atoms with van der Waals surface area (Å²) < 4.78 is 39.2. The van der Waals surface area contributed by atoms with Crippen molar-refractivity contribution in [2.45, 2.75) is 24.7 Å². The van der Waals surface area contributed by atoms with Crippen LogP contribution >= 0.6 is 0 Å². The van der Waals surface area contributed by atoms with Gasteiger partial charge in [0.25, 0.3) is 0 Å². The second kappa shape index (κ2) is 6.35. The van der Waals surface area contributed by atoms with Crippen LogP contribution in [0.5, 0.6) is 0 Å². The molecule has 6 nitrogen and oxygen atoms in total. The number of nitrogens with zero attached hydrogens (tertiary/aromatic N) is 3. The third-order valence-electron chi connectivity index (χ3n) is 5.90. The average molecular weight is 404 g/mol. The third kappa shape index (κ3) is 2.19. The van der Waals surface area contributed by atoms with Gasteiger partial charge in [-0.15, -0.1) is 0 Å². The van der Waals surface area contributed by atoms with Crippen LogP contribution in [0.4, 0.5) is 8.78 Å². The maximum absolute atomic E-state index is 14.0. The number of ether oxygens (including phenoxy) is 2. The normalized spacial score (nSPS) is 31.1. The predicted octanol–water partition coefficient (Wildman–Crippen LogP) is 4.09. The molecule has 4 rings (SSSR count). The molecule has 2 bridgehead atoms. The minimum absolute atomic E-state index is 0.00679. The first-order valence-corrected chi connectivity index (χ1v) is 8.99. The van der Waals surface area contributed by atoms with Crippen molar-refractivity contribution in [3.63, 3.8) is 0 Å². The van der Waals surface area contributed by atoms with Gasteiger partial charge >= 0.3 is 0 Å². The van der Waals surface area contributed by atoms with Gasteiger partial charge in [0.05, 0.1) is 24.1 Å². The van der Waals surface area contributed by atoms with Crippen molar-refractivity contribution in [3.8, 4) is 18.2 Å². The summed E-state index contributed by atoms with van der Waals surface area (Å²) >= 11 is 0. The highest BCUT2D eigenvalue weighted by Gasteiger charge is 2.79. The average Bonchev–Trinajstić information content (AvgIpc) is 2.93. The van der Waals surface area contributed by atoms with Crippen molar-refractivity contribution in [3.05, 3.63) is 71.3 Å². The van der Waals surface area contributed by atoms with Gasteiger partial charge in [-0.3, -0.25) is 5.41 Å². The van der Waals surface area contributed by atoms with Gasteiger partial charge in [0.2, 0.25) is 17.1 Å². The van der Waals surface area contributed by atoms with Crippen LogP contribution in [0.25, 0.3) is 0 Å². The molecule has 2 heterocycles. The van der Waals surface area contributed by atoms with Crippen LogP contribution < -0.4 is 0 Å². The number of hydrogen-bond donors (Lipinski definition) is 1. The molecule has 148 valence electrons. The van der Waals surface area contributed by atoms with E-state index in [4.69, 9.17) is 14.9 Å². The molecule has 0 radical (unpaired) electrons. The van der Waals surface area contributed by atoms with E-state index in [0.29, 0.717) is 5.56 Å². The lowest BCUT2D eigenvalue weighted by Gasteiger charge is -2.48. The van der Waals surface area contributed by atoms with Crippen LogP contribution in [0, 0.1) is 61.9 Å². The Morgan fingerprint density at radius 3 is 2.17 bits per heavy atom. The molecule has 0 aromatic heterocycles. The van der Waals surface area contributed by atoms with E-state index in [1.54, 1.807) is 30.3 Å². The maximum atomic E-state index is 14.0. The third-order valence-corrected chi connectivity index (χ3v) is 5.90. The fraction of sp³-hybridized carbons (Fsp3) is 0.273. The van der Waals surface area contributed by atoms with Crippen LogP contribution in [-0.4, -0.2) is 11.7 Å². The van der Waals surface area contributed by atoms with Crippen molar-refractivity contribution in [2.24, 2.45) is 10.8 Å². The summed E-state index contributed by atoms with van der Waals surface area (Å²) in [5, 5.41) is 39.1. The van der Waals surface area contributed by atoms with Crippen molar-refractivity contribution in [1.82, 2.24) is 0 Å². The molecule has 0 spiro atoms. The minimum Gasteiger partial charge on any atom is -0.447 e. The number of nitriles is 3. The molecule has 2 aromatic rings. The van der Waals surface area contributed by atoms with E-state index >= 15 is 0 Å². The largest absolute Gasteiger partial charge is 0.447 e. The van der Waals surface area contributed by atoms with Crippen molar-refractivity contribution >= 4 is 5.90 Å². The summed E-state index contributed by atoms with van der Waals surface area (Å²) in [6, 6.07) is 17.2. The molecule has 2 fully saturated rings. The monoisotopic (exact) mass is 404 g/mol.